The standard InChI is InChI=1S/C10H6N4O/c11-5-7-1-3-8(4-2-7)10-9(6-15)12-14-13-10/h1-4,6H,(H,12,13,14). The number of nitriles is 1. The van der Waals surface area contributed by atoms with Crippen molar-refractivity contribution in [2.45, 2.75) is 0 Å². The lowest BCUT2D eigenvalue weighted by molar-refractivity contribution is 0.111. The van der Waals surface area contributed by atoms with Crippen LogP contribution < -0.4 is 0 Å². The van der Waals surface area contributed by atoms with Gasteiger partial charge in [-0.15, -0.1) is 0 Å². The molecule has 1 N–H and O–H groups in total. The summed E-state index contributed by atoms with van der Waals surface area (Å²) in [5.41, 5.74) is 2.08. The number of benzene rings is 1. The Morgan fingerprint density at radius 3 is 2.60 bits per heavy atom. The zero-order chi connectivity index (χ0) is 10.7. The van der Waals surface area contributed by atoms with Crippen LogP contribution in [0.3, 0.4) is 0 Å². The molecule has 1 aromatic heterocycles. The Morgan fingerprint density at radius 1 is 1.27 bits per heavy atom. The Morgan fingerprint density at radius 2 is 2.00 bits per heavy atom. The summed E-state index contributed by atoms with van der Waals surface area (Å²) in [7, 11) is 0. The number of carbonyl (C=O) groups excluding carboxylic acids is 1. The fraction of sp³-hybridized carbons (Fsp3) is 0. The maximum Gasteiger partial charge on any atom is 0.172 e. The largest absolute Gasteiger partial charge is 0.296 e. The number of nitrogens with zero attached hydrogens (tertiary/aromatic N) is 3. The predicted molar refractivity (Wildman–Crippen MR) is 51.9 cm³/mol. The van der Waals surface area contributed by atoms with E-state index in [-0.39, 0.29) is 5.69 Å². The summed E-state index contributed by atoms with van der Waals surface area (Å²) >= 11 is 0. The van der Waals surface area contributed by atoms with Gasteiger partial charge in [0.15, 0.2) is 12.0 Å². The molecular formula is C10H6N4O. The van der Waals surface area contributed by atoms with Gasteiger partial charge in [0.2, 0.25) is 0 Å². The van der Waals surface area contributed by atoms with Crippen LogP contribution >= 0.6 is 0 Å². The van der Waals surface area contributed by atoms with Gasteiger partial charge >= 0.3 is 0 Å². The highest BCUT2D eigenvalue weighted by atomic mass is 16.1. The average Bonchev–Trinajstić information content (AvgIpc) is 2.77. The number of hydrogen-bond donors (Lipinski definition) is 1. The molecule has 0 amide bonds. The van der Waals surface area contributed by atoms with E-state index in [2.05, 4.69) is 15.4 Å². The van der Waals surface area contributed by atoms with Gasteiger partial charge < -0.3 is 0 Å². The number of rotatable bonds is 2. The maximum absolute atomic E-state index is 10.6. The number of nitrogens with one attached hydrogen (secondary N) is 1. The first-order valence-electron chi connectivity index (χ1n) is 4.21. The lowest BCUT2D eigenvalue weighted by Gasteiger charge is -1.95. The highest BCUT2D eigenvalue weighted by Gasteiger charge is 2.08. The molecule has 0 atom stereocenters. The first kappa shape index (κ1) is 9.09. The minimum Gasteiger partial charge on any atom is -0.296 e. The minimum absolute atomic E-state index is 0.264. The van der Waals surface area contributed by atoms with Crippen molar-refractivity contribution in [1.82, 2.24) is 15.4 Å². The van der Waals surface area contributed by atoms with Crippen LogP contribution in [-0.2, 0) is 0 Å². The zero-order valence-electron chi connectivity index (χ0n) is 7.64. The molecule has 0 fully saturated rings. The number of H-pyrrole nitrogens is 1. The van der Waals surface area contributed by atoms with E-state index in [1.807, 2.05) is 6.07 Å². The van der Waals surface area contributed by atoms with E-state index in [0.29, 0.717) is 17.5 Å². The second-order valence-electron chi connectivity index (χ2n) is 2.86. The first-order valence-corrected chi connectivity index (χ1v) is 4.21. The van der Waals surface area contributed by atoms with E-state index in [1.165, 1.54) is 0 Å². The molecule has 5 heteroatoms. The number of aldehydes is 1. The van der Waals surface area contributed by atoms with Crippen LogP contribution in [0.4, 0.5) is 0 Å². The zero-order valence-corrected chi connectivity index (χ0v) is 7.64. The van der Waals surface area contributed by atoms with Crippen molar-refractivity contribution in [3.05, 3.63) is 35.5 Å². The summed E-state index contributed by atoms with van der Waals surface area (Å²) < 4.78 is 0. The van der Waals surface area contributed by atoms with Gasteiger partial charge in [-0.3, -0.25) is 4.79 Å². The molecule has 0 radical (unpaired) electrons. The highest BCUT2D eigenvalue weighted by Crippen LogP contribution is 2.18. The molecule has 0 spiro atoms. The van der Waals surface area contributed by atoms with Crippen LogP contribution in [0, 0.1) is 11.3 Å². The molecular weight excluding hydrogens is 192 g/mol. The fourth-order valence-electron chi connectivity index (χ4n) is 1.24. The van der Waals surface area contributed by atoms with Crippen molar-refractivity contribution in [3.8, 4) is 17.3 Å². The van der Waals surface area contributed by atoms with Crippen molar-refractivity contribution in [2.75, 3.05) is 0 Å². The van der Waals surface area contributed by atoms with Gasteiger partial charge in [-0.2, -0.15) is 20.7 Å². The number of aromatic nitrogens is 3. The SMILES string of the molecule is N#Cc1ccc(-c2n[nH]nc2C=O)cc1. The number of hydrogen-bond acceptors (Lipinski definition) is 4. The number of aromatic amines is 1. The monoisotopic (exact) mass is 198 g/mol. The molecule has 2 rings (SSSR count). The first-order chi connectivity index (χ1) is 7.35. The van der Waals surface area contributed by atoms with Crippen molar-refractivity contribution >= 4 is 6.29 Å². The summed E-state index contributed by atoms with van der Waals surface area (Å²) in [6.45, 7) is 0. The Labute approximate surface area is 85.4 Å². The van der Waals surface area contributed by atoms with E-state index in [0.717, 1.165) is 5.56 Å². The molecule has 1 aromatic carbocycles. The normalized spacial score (nSPS) is 9.53. The summed E-state index contributed by atoms with van der Waals surface area (Å²) in [5, 5.41) is 18.5. The van der Waals surface area contributed by atoms with Crippen LogP contribution in [0.1, 0.15) is 16.1 Å². The molecule has 2 aromatic rings. The Kier molecular flexibility index (Phi) is 2.25. The van der Waals surface area contributed by atoms with Gasteiger partial charge in [0, 0.05) is 5.56 Å². The molecule has 0 bridgehead atoms. The predicted octanol–water partition coefficient (Wildman–Crippen LogP) is 1.16. The highest BCUT2D eigenvalue weighted by molar-refractivity contribution is 5.82. The van der Waals surface area contributed by atoms with Gasteiger partial charge in [0.05, 0.1) is 11.6 Å². The van der Waals surface area contributed by atoms with Crippen LogP contribution in [0.15, 0.2) is 24.3 Å². The third kappa shape index (κ3) is 1.60. The molecule has 0 saturated heterocycles. The number of carbonyl (C=O) groups is 1. The topological polar surface area (TPSA) is 82.4 Å². The van der Waals surface area contributed by atoms with Crippen molar-refractivity contribution < 1.29 is 4.79 Å². The third-order valence-electron chi connectivity index (χ3n) is 1.97. The Balaban J connectivity index is 2.46. The fourth-order valence-corrected chi connectivity index (χ4v) is 1.24. The van der Waals surface area contributed by atoms with E-state index < -0.39 is 0 Å². The van der Waals surface area contributed by atoms with Gasteiger partial charge in [-0.05, 0) is 12.1 Å². The average molecular weight is 198 g/mol. The van der Waals surface area contributed by atoms with Crippen LogP contribution in [-0.4, -0.2) is 21.7 Å². The van der Waals surface area contributed by atoms with Crippen LogP contribution in [0.5, 0.6) is 0 Å². The molecule has 0 aliphatic rings. The summed E-state index contributed by atoms with van der Waals surface area (Å²) in [5.74, 6) is 0. The second kappa shape index (κ2) is 3.72. The molecule has 72 valence electrons. The van der Waals surface area contributed by atoms with E-state index in [4.69, 9.17) is 5.26 Å². The maximum atomic E-state index is 10.6. The molecule has 1 heterocycles. The Bertz CT molecular complexity index is 521. The van der Waals surface area contributed by atoms with E-state index in [9.17, 15) is 4.79 Å². The molecule has 0 aliphatic carbocycles. The Hall–Kier alpha value is -2.48. The van der Waals surface area contributed by atoms with Gasteiger partial charge in [0.1, 0.15) is 5.69 Å². The smallest absolute Gasteiger partial charge is 0.172 e. The molecule has 15 heavy (non-hydrogen) atoms. The lowest BCUT2D eigenvalue weighted by Crippen LogP contribution is -1.85. The summed E-state index contributed by atoms with van der Waals surface area (Å²) in [6.07, 6.45) is 0.636. The minimum atomic E-state index is 0.264. The van der Waals surface area contributed by atoms with E-state index in [1.54, 1.807) is 24.3 Å². The summed E-state index contributed by atoms with van der Waals surface area (Å²) in [6, 6.07) is 8.80. The third-order valence-corrected chi connectivity index (χ3v) is 1.97. The quantitative estimate of drug-likeness (QED) is 0.734. The van der Waals surface area contributed by atoms with Crippen molar-refractivity contribution in [1.29, 1.82) is 5.26 Å². The molecule has 0 saturated carbocycles. The molecule has 0 aliphatic heterocycles. The van der Waals surface area contributed by atoms with Gasteiger partial charge in [-0.25, -0.2) is 0 Å². The molecule has 0 unspecified atom stereocenters. The van der Waals surface area contributed by atoms with Gasteiger partial charge in [0.25, 0.3) is 0 Å². The van der Waals surface area contributed by atoms with E-state index >= 15 is 0 Å². The molecule has 5 nitrogen and oxygen atoms in total. The summed E-state index contributed by atoms with van der Waals surface area (Å²) in [4.78, 5) is 10.6. The van der Waals surface area contributed by atoms with Gasteiger partial charge in [-0.1, -0.05) is 12.1 Å². The lowest BCUT2D eigenvalue weighted by atomic mass is 10.1. The van der Waals surface area contributed by atoms with Crippen molar-refractivity contribution in [3.63, 3.8) is 0 Å². The van der Waals surface area contributed by atoms with Crippen LogP contribution in [0.2, 0.25) is 0 Å². The second-order valence-corrected chi connectivity index (χ2v) is 2.86. The van der Waals surface area contributed by atoms with Crippen LogP contribution in [0.25, 0.3) is 11.3 Å². The van der Waals surface area contributed by atoms with Crippen molar-refractivity contribution in [2.24, 2.45) is 0 Å².